The first kappa shape index (κ1) is 37.8. The largest absolute Gasteiger partial charge is 0.392 e. The molecule has 6 aliphatic rings. The predicted octanol–water partition coefficient (Wildman–Crippen LogP) is 8.80. The molecule has 3 atom stereocenters. The highest BCUT2D eigenvalue weighted by molar-refractivity contribution is 6.30. The van der Waals surface area contributed by atoms with Gasteiger partial charge in [-0.05, 0) is 115 Å². The van der Waals surface area contributed by atoms with Crippen molar-refractivity contribution in [2.75, 3.05) is 19.6 Å². The van der Waals surface area contributed by atoms with E-state index in [1.807, 2.05) is 60.7 Å². The number of hydrogen-bond acceptors (Lipinski definition) is 6. The van der Waals surface area contributed by atoms with Crippen LogP contribution < -0.4 is 10.6 Å². The number of carbonyl (C=O) groups excluding carboxylic acids is 1. The van der Waals surface area contributed by atoms with Crippen molar-refractivity contribution in [1.29, 1.82) is 0 Å². The van der Waals surface area contributed by atoms with Crippen LogP contribution in [0.25, 0.3) is 11.1 Å². The first-order valence-electron chi connectivity index (χ1n) is 20.7. The number of aliphatic hydroxyl groups excluding tert-OH is 1. The third kappa shape index (κ3) is 8.15. The number of piperidine rings is 1. The molecule has 4 aromatic rings. The van der Waals surface area contributed by atoms with Gasteiger partial charge in [0, 0.05) is 48.7 Å². The van der Waals surface area contributed by atoms with E-state index < -0.39 is 11.9 Å². The minimum atomic E-state index is -0.867. The molecule has 4 saturated carbocycles. The zero-order valence-corrected chi connectivity index (χ0v) is 32.8. The molecule has 10 rings (SSSR count). The number of halogens is 1. The molecule has 4 N–H and O–H groups in total. The first-order chi connectivity index (χ1) is 27.2. The number of urea groups is 1. The highest BCUT2D eigenvalue weighted by atomic mass is 35.5. The summed E-state index contributed by atoms with van der Waals surface area (Å²) in [5, 5.41) is 28.5. The Hall–Kier alpha value is -3.76. The van der Waals surface area contributed by atoms with Crippen molar-refractivity contribution in [3.05, 3.63) is 130 Å². The van der Waals surface area contributed by atoms with Gasteiger partial charge in [0.05, 0.1) is 24.4 Å². The van der Waals surface area contributed by atoms with Crippen LogP contribution in [0, 0.1) is 17.8 Å². The van der Waals surface area contributed by atoms with Crippen molar-refractivity contribution >= 4 is 17.6 Å². The molecular weight excluding hydrogens is 722 g/mol. The normalized spacial score (nSPS) is 29.6. The Bertz CT molecular complexity index is 1940. The molecule has 6 fully saturated rings. The number of ether oxygens (including phenoxy) is 2. The second-order valence-corrected chi connectivity index (χ2v) is 17.9. The predicted molar refractivity (Wildman–Crippen MR) is 218 cm³/mol. The van der Waals surface area contributed by atoms with E-state index in [2.05, 4.69) is 51.9 Å². The van der Waals surface area contributed by atoms with Crippen LogP contribution in [-0.2, 0) is 28.2 Å². The minimum absolute atomic E-state index is 0.00191. The Morgan fingerprint density at radius 3 is 2.09 bits per heavy atom. The highest BCUT2D eigenvalue weighted by Crippen LogP contribution is 2.55. The number of amides is 2. The van der Waals surface area contributed by atoms with Gasteiger partial charge >= 0.3 is 6.03 Å². The van der Waals surface area contributed by atoms with Crippen LogP contribution in [0.4, 0.5) is 4.79 Å². The van der Waals surface area contributed by atoms with E-state index in [1.165, 1.54) is 19.3 Å². The van der Waals surface area contributed by atoms with E-state index in [-0.39, 0.29) is 30.4 Å². The standard InChI is InChI=1S/C47H54ClN3O5/c48-40-15-13-39(14-16-40)47(54)17-19-51(20-18-47)29-41-24-43(36-7-5-31(30-52)6-8-36)56-44(55-41)37-11-9-35(10-12-37)42-4-2-1-3-38(42)28-49-45(53)50-46-25-32-21-33(26-46)23-34(22-32)27-46/h1-16,32-34,41,43-44,52,54H,17-30H2,(H2,49,50,53)/t32?,33?,34?,41-,43+,44+,46?/m0/s1. The van der Waals surface area contributed by atoms with Crippen LogP contribution in [0.3, 0.4) is 0 Å². The summed E-state index contributed by atoms with van der Waals surface area (Å²) in [7, 11) is 0. The highest BCUT2D eigenvalue weighted by Gasteiger charge is 2.51. The molecule has 56 heavy (non-hydrogen) atoms. The molecule has 0 aromatic heterocycles. The van der Waals surface area contributed by atoms with Crippen molar-refractivity contribution in [2.24, 2.45) is 17.8 Å². The summed E-state index contributed by atoms with van der Waals surface area (Å²) in [4.78, 5) is 15.7. The van der Waals surface area contributed by atoms with E-state index >= 15 is 0 Å². The monoisotopic (exact) mass is 775 g/mol. The molecule has 9 heteroatoms. The molecule has 4 bridgehead atoms. The van der Waals surface area contributed by atoms with Gasteiger partial charge in [-0.25, -0.2) is 4.79 Å². The molecule has 0 spiro atoms. The van der Waals surface area contributed by atoms with Gasteiger partial charge in [0.25, 0.3) is 0 Å². The van der Waals surface area contributed by atoms with Crippen LogP contribution in [0.1, 0.15) is 98.0 Å². The average molecular weight is 776 g/mol. The number of benzene rings is 4. The zero-order chi connectivity index (χ0) is 38.3. The summed E-state index contributed by atoms with van der Waals surface area (Å²) in [5.41, 5.74) is 6.12. The molecule has 2 aliphatic heterocycles. The summed E-state index contributed by atoms with van der Waals surface area (Å²) >= 11 is 6.12. The number of hydrogen-bond donors (Lipinski definition) is 4. The molecule has 8 nitrogen and oxygen atoms in total. The summed E-state index contributed by atoms with van der Waals surface area (Å²) in [5.74, 6) is 2.34. The third-order valence-electron chi connectivity index (χ3n) is 13.5. The summed E-state index contributed by atoms with van der Waals surface area (Å²) < 4.78 is 13.4. The first-order valence-corrected chi connectivity index (χ1v) is 21.0. The number of carbonyl (C=O) groups is 1. The van der Waals surface area contributed by atoms with Gasteiger partial charge in [0.1, 0.15) is 0 Å². The van der Waals surface area contributed by atoms with Crippen LogP contribution in [0.15, 0.2) is 97.1 Å². The van der Waals surface area contributed by atoms with Crippen molar-refractivity contribution < 1.29 is 24.5 Å². The lowest BCUT2D eigenvalue weighted by Crippen LogP contribution is -2.61. The fraction of sp³-hybridized carbons (Fsp3) is 0.468. The molecule has 2 heterocycles. The molecule has 0 unspecified atom stereocenters. The summed E-state index contributed by atoms with van der Waals surface area (Å²) in [6.07, 6.45) is 8.60. The fourth-order valence-electron chi connectivity index (χ4n) is 11.0. The maximum Gasteiger partial charge on any atom is 0.315 e. The Kier molecular flexibility index (Phi) is 10.7. The van der Waals surface area contributed by atoms with E-state index in [0.29, 0.717) is 30.8 Å². The van der Waals surface area contributed by atoms with Crippen LogP contribution in [0.2, 0.25) is 5.02 Å². The van der Waals surface area contributed by atoms with Crippen LogP contribution in [-0.4, -0.2) is 52.4 Å². The second kappa shape index (κ2) is 15.9. The minimum Gasteiger partial charge on any atom is -0.392 e. The zero-order valence-electron chi connectivity index (χ0n) is 32.0. The van der Waals surface area contributed by atoms with E-state index in [0.717, 1.165) is 95.6 Å². The van der Waals surface area contributed by atoms with Gasteiger partial charge < -0.3 is 35.2 Å². The number of nitrogens with one attached hydrogen (secondary N) is 2. The molecule has 294 valence electrons. The van der Waals surface area contributed by atoms with E-state index in [1.54, 1.807) is 0 Å². The quantitative estimate of drug-likeness (QED) is 0.129. The Labute approximate surface area is 335 Å². The lowest BCUT2D eigenvalue weighted by molar-refractivity contribution is -0.253. The lowest BCUT2D eigenvalue weighted by Gasteiger charge is -2.56. The SMILES string of the molecule is O=C(NCc1ccccc1-c1ccc([C@@H]2O[C@H](CN3CCC(O)(c4ccc(Cl)cc4)CC3)C[C@H](c3ccc(CO)cc3)O2)cc1)NC12CC3CC(CC(C3)C1)C2. The third-order valence-corrected chi connectivity index (χ3v) is 13.8. The van der Waals surface area contributed by atoms with Gasteiger partial charge in [0.15, 0.2) is 6.29 Å². The van der Waals surface area contributed by atoms with Gasteiger partial charge in [-0.3, -0.25) is 0 Å². The van der Waals surface area contributed by atoms with Gasteiger partial charge in [0.2, 0.25) is 0 Å². The maximum absolute atomic E-state index is 13.3. The van der Waals surface area contributed by atoms with Crippen molar-refractivity contribution in [3.63, 3.8) is 0 Å². The molecule has 4 aliphatic carbocycles. The molecular formula is C47H54ClN3O5. The summed E-state index contributed by atoms with van der Waals surface area (Å²) in [6, 6.07) is 32.2. The lowest BCUT2D eigenvalue weighted by atomic mass is 9.53. The Morgan fingerprint density at radius 1 is 0.786 bits per heavy atom. The van der Waals surface area contributed by atoms with Crippen LogP contribution in [0.5, 0.6) is 0 Å². The fourth-order valence-corrected chi connectivity index (χ4v) is 11.1. The van der Waals surface area contributed by atoms with Gasteiger partial charge in [-0.1, -0.05) is 96.5 Å². The van der Waals surface area contributed by atoms with E-state index in [9.17, 15) is 15.0 Å². The second-order valence-electron chi connectivity index (χ2n) is 17.5. The van der Waals surface area contributed by atoms with Gasteiger partial charge in [-0.15, -0.1) is 0 Å². The molecule has 4 aromatic carbocycles. The van der Waals surface area contributed by atoms with E-state index in [4.69, 9.17) is 21.1 Å². The molecule has 2 amide bonds. The topological polar surface area (TPSA) is 103 Å². The number of nitrogens with zero attached hydrogens (tertiary/aromatic N) is 1. The smallest absolute Gasteiger partial charge is 0.315 e. The summed E-state index contributed by atoms with van der Waals surface area (Å²) in [6.45, 7) is 2.70. The van der Waals surface area contributed by atoms with Crippen molar-refractivity contribution in [1.82, 2.24) is 15.5 Å². The number of likely N-dealkylation sites (tertiary alicyclic amines) is 1. The van der Waals surface area contributed by atoms with Crippen molar-refractivity contribution in [2.45, 2.75) is 101 Å². The Balaban J connectivity index is 0.868. The average Bonchev–Trinajstić information content (AvgIpc) is 3.21. The molecule has 2 saturated heterocycles. The van der Waals surface area contributed by atoms with Gasteiger partial charge in [-0.2, -0.15) is 0 Å². The number of aliphatic hydroxyl groups is 2. The maximum atomic E-state index is 13.3. The Morgan fingerprint density at radius 2 is 1.43 bits per heavy atom. The number of rotatable bonds is 10. The van der Waals surface area contributed by atoms with Crippen molar-refractivity contribution in [3.8, 4) is 11.1 Å². The molecule has 0 radical (unpaired) electrons. The van der Waals surface area contributed by atoms with Crippen LogP contribution >= 0.6 is 11.6 Å².